The van der Waals surface area contributed by atoms with E-state index in [2.05, 4.69) is 19.2 Å². The molecule has 0 saturated carbocycles. The molecule has 0 saturated heterocycles. The van der Waals surface area contributed by atoms with Gasteiger partial charge in [0.15, 0.2) is 6.10 Å². The molecule has 4 nitrogen and oxygen atoms in total. The number of carbonyl (C=O) groups excluding carboxylic acids is 1. The second kappa shape index (κ2) is 8.30. The lowest BCUT2D eigenvalue weighted by Crippen LogP contribution is -2.43. The number of hydrogen-bond donors (Lipinski definition) is 2. The van der Waals surface area contributed by atoms with Crippen molar-refractivity contribution in [2.75, 3.05) is 6.61 Å². The first-order valence-corrected chi connectivity index (χ1v) is 7.87. The summed E-state index contributed by atoms with van der Waals surface area (Å²) in [4.78, 5) is 12.6. The lowest BCUT2D eigenvalue weighted by Gasteiger charge is -2.29. The average Bonchev–Trinajstić information content (AvgIpc) is 2.43. The summed E-state index contributed by atoms with van der Waals surface area (Å²) in [5.74, 6) is 0.192. The highest BCUT2D eigenvalue weighted by Crippen LogP contribution is 2.24. The Kier molecular flexibility index (Phi) is 7.04. The van der Waals surface area contributed by atoms with Gasteiger partial charge >= 0.3 is 0 Å². The molecule has 0 aliphatic heterocycles. The van der Waals surface area contributed by atoms with Gasteiger partial charge in [0, 0.05) is 0 Å². The SMILES string of the molecule is CC(C)CC(CO)NC(=O)C(OC(C)(C)C)c1ccccc1. The number of ether oxygens (including phenoxy) is 1. The first-order valence-electron chi connectivity index (χ1n) is 7.87. The van der Waals surface area contributed by atoms with Crippen LogP contribution in [0.25, 0.3) is 0 Å². The fourth-order valence-corrected chi connectivity index (χ4v) is 2.28. The van der Waals surface area contributed by atoms with Crippen LogP contribution in [0.2, 0.25) is 0 Å². The van der Waals surface area contributed by atoms with Gasteiger partial charge < -0.3 is 15.2 Å². The molecule has 0 bridgehead atoms. The molecule has 2 atom stereocenters. The van der Waals surface area contributed by atoms with Gasteiger partial charge in [-0.15, -0.1) is 0 Å². The van der Waals surface area contributed by atoms with Gasteiger partial charge in [-0.05, 0) is 38.7 Å². The summed E-state index contributed by atoms with van der Waals surface area (Å²) in [6, 6.07) is 9.20. The number of carbonyl (C=O) groups is 1. The maximum absolute atomic E-state index is 12.6. The number of rotatable bonds is 7. The van der Waals surface area contributed by atoms with Crippen LogP contribution in [0.4, 0.5) is 0 Å². The number of hydrogen-bond acceptors (Lipinski definition) is 3. The summed E-state index contributed by atoms with van der Waals surface area (Å²) in [6.07, 6.45) is 0.0571. The molecule has 0 aliphatic carbocycles. The van der Waals surface area contributed by atoms with Gasteiger partial charge in [0.25, 0.3) is 5.91 Å². The minimum Gasteiger partial charge on any atom is -0.394 e. The van der Waals surface area contributed by atoms with Crippen LogP contribution >= 0.6 is 0 Å². The molecule has 4 heteroatoms. The standard InChI is InChI=1S/C18H29NO3/c1-13(2)11-15(12-20)19-17(21)16(22-18(3,4)5)14-9-7-6-8-10-14/h6-10,13,15-16,20H,11-12H2,1-5H3,(H,19,21). The molecule has 124 valence electrons. The molecule has 1 aromatic rings. The fourth-order valence-electron chi connectivity index (χ4n) is 2.28. The van der Waals surface area contributed by atoms with E-state index in [1.54, 1.807) is 0 Å². The predicted molar refractivity (Wildman–Crippen MR) is 88.5 cm³/mol. The lowest BCUT2D eigenvalue weighted by molar-refractivity contribution is -0.144. The molecule has 1 aromatic carbocycles. The number of aliphatic hydroxyl groups is 1. The first-order chi connectivity index (χ1) is 10.2. The van der Waals surface area contributed by atoms with Gasteiger partial charge in [-0.25, -0.2) is 0 Å². The summed E-state index contributed by atoms with van der Waals surface area (Å²) in [5.41, 5.74) is 0.376. The second-order valence-electron chi connectivity index (χ2n) is 7.04. The van der Waals surface area contributed by atoms with Crippen LogP contribution in [0.3, 0.4) is 0 Å². The number of aliphatic hydroxyl groups excluding tert-OH is 1. The van der Waals surface area contributed by atoms with Crippen LogP contribution in [0.15, 0.2) is 30.3 Å². The number of benzene rings is 1. The van der Waals surface area contributed by atoms with E-state index in [9.17, 15) is 9.90 Å². The van der Waals surface area contributed by atoms with Crippen molar-refractivity contribution in [3.63, 3.8) is 0 Å². The molecule has 0 spiro atoms. The Bertz CT molecular complexity index is 451. The topological polar surface area (TPSA) is 58.6 Å². The third kappa shape index (κ3) is 6.58. The maximum atomic E-state index is 12.6. The third-order valence-electron chi connectivity index (χ3n) is 3.13. The molecule has 1 amide bonds. The lowest BCUT2D eigenvalue weighted by atomic mass is 10.0. The zero-order chi connectivity index (χ0) is 16.8. The van der Waals surface area contributed by atoms with E-state index in [1.807, 2.05) is 51.1 Å². The summed E-state index contributed by atoms with van der Waals surface area (Å²) in [5, 5.41) is 12.4. The Labute approximate surface area is 133 Å². The fraction of sp³-hybridized carbons (Fsp3) is 0.611. The van der Waals surface area contributed by atoms with Gasteiger partial charge in [0.1, 0.15) is 0 Å². The quantitative estimate of drug-likeness (QED) is 0.814. The van der Waals surface area contributed by atoms with Crippen LogP contribution in [0.1, 0.15) is 52.7 Å². The molecule has 1 rings (SSSR count). The maximum Gasteiger partial charge on any atom is 0.254 e. The second-order valence-corrected chi connectivity index (χ2v) is 7.04. The van der Waals surface area contributed by atoms with Crippen LogP contribution in [-0.4, -0.2) is 29.3 Å². The Balaban J connectivity index is 2.88. The van der Waals surface area contributed by atoms with Crippen LogP contribution in [0, 0.1) is 5.92 Å². The highest BCUT2D eigenvalue weighted by molar-refractivity contribution is 5.82. The van der Waals surface area contributed by atoms with E-state index in [4.69, 9.17) is 4.74 Å². The molecule has 0 radical (unpaired) electrons. The third-order valence-corrected chi connectivity index (χ3v) is 3.13. The highest BCUT2D eigenvalue weighted by atomic mass is 16.5. The van der Waals surface area contributed by atoms with E-state index in [0.29, 0.717) is 5.92 Å². The largest absolute Gasteiger partial charge is 0.394 e. The summed E-state index contributed by atoms with van der Waals surface area (Å²) in [7, 11) is 0. The van der Waals surface area contributed by atoms with E-state index >= 15 is 0 Å². The first kappa shape index (κ1) is 18.7. The van der Waals surface area contributed by atoms with Crippen molar-refractivity contribution in [2.45, 2.75) is 58.8 Å². The predicted octanol–water partition coefficient (Wildman–Crippen LogP) is 3.07. The molecule has 0 aliphatic rings. The summed E-state index contributed by atoms with van der Waals surface area (Å²) in [6.45, 7) is 9.83. The van der Waals surface area contributed by atoms with Crippen LogP contribution < -0.4 is 5.32 Å². The Morgan fingerprint density at radius 3 is 2.27 bits per heavy atom. The van der Waals surface area contributed by atoms with E-state index in [0.717, 1.165) is 12.0 Å². The molecular weight excluding hydrogens is 278 g/mol. The Morgan fingerprint density at radius 2 is 1.82 bits per heavy atom. The average molecular weight is 307 g/mol. The van der Waals surface area contributed by atoms with Gasteiger partial charge in [-0.2, -0.15) is 0 Å². The van der Waals surface area contributed by atoms with Crippen LogP contribution in [0.5, 0.6) is 0 Å². The van der Waals surface area contributed by atoms with Crippen LogP contribution in [-0.2, 0) is 9.53 Å². The normalized spacial score (nSPS) is 14.7. The number of nitrogens with one attached hydrogen (secondary N) is 1. The van der Waals surface area contributed by atoms with Gasteiger partial charge in [-0.1, -0.05) is 44.2 Å². The van der Waals surface area contributed by atoms with Gasteiger partial charge in [0.05, 0.1) is 18.2 Å². The zero-order valence-corrected chi connectivity index (χ0v) is 14.3. The van der Waals surface area contributed by atoms with E-state index in [-0.39, 0.29) is 18.6 Å². The molecule has 2 unspecified atom stereocenters. The molecule has 2 N–H and O–H groups in total. The molecular formula is C18H29NO3. The monoisotopic (exact) mass is 307 g/mol. The van der Waals surface area contributed by atoms with Crippen molar-refractivity contribution < 1.29 is 14.6 Å². The minimum atomic E-state index is -0.678. The Morgan fingerprint density at radius 1 is 1.23 bits per heavy atom. The minimum absolute atomic E-state index is 0.0685. The van der Waals surface area contributed by atoms with Crippen molar-refractivity contribution >= 4 is 5.91 Å². The van der Waals surface area contributed by atoms with Gasteiger partial charge in [-0.3, -0.25) is 4.79 Å². The van der Waals surface area contributed by atoms with Crippen molar-refractivity contribution in [1.82, 2.24) is 5.32 Å². The van der Waals surface area contributed by atoms with E-state index in [1.165, 1.54) is 0 Å². The zero-order valence-electron chi connectivity index (χ0n) is 14.3. The van der Waals surface area contributed by atoms with Gasteiger partial charge in [0.2, 0.25) is 0 Å². The summed E-state index contributed by atoms with van der Waals surface area (Å²) >= 11 is 0. The smallest absolute Gasteiger partial charge is 0.254 e. The van der Waals surface area contributed by atoms with Crippen molar-refractivity contribution in [3.8, 4) is 0 Å². The van der Waals surface area contributed by atoms with Crippen molar-refractivity contribution in [1.29, 1.82) is 0 Å². The van der Waals surface area contributed by atoms with Crippen molar-refractivity contribution in [3.05, 3.63) is 35.9 Å². The number of amides is 1. The highest BCUT2D eigenvalue weighted by Gasteiger charge is 2.28. The Hall–Kier alpha value is -1.39. The molecule has 0 aromatic heterocycles. The van der Waals surface area contributed by atoms with E-state index < -0.39 is 11.7 Å². The molecule has 0 fully saturated rings. The molecule has 0 heterocycles. The summed E-state index contributed by atoms with van der Waals surface area (Å²) < 4.78 is 5.94. The molecule has 22 heavy (non-hydrogen) atoms. The van der Waals surface area contributed by atoms with Crippen molar-refractivity contribution in [2.24, 2.45) is 5.92 Å².